The van der Waals surface area contributed by atoms with Crippen molar-refractivity contribution in [2.24, 2.45) is 23.7 Å². The van der Waals surface area contributed by atoms with Gasteiger partial charge in [-0.2, -0.15) is 0 Å². The van der Waals surface area contributed by atoms with E-state index < -0.39 is 89.7 Å². The molecule has 17 nitrogen and oxygen atoms in total. The number of aliphatic hydroxyl groups is 1. The van der Waals surface area contributed by atoms with Gasteiger partial charge >= 0.3 is 18.0 Å². The number of hydrogen-bond donors (Lipinski definition) is 1. The fourth-order valence-corrected chi connectivity index (χ4v) is 10.8. The summed E-state index contributed by atoms with van der Waals surface area (Å²) < 4.78 is 40.7. The minimum Gasteiger partial charge on any atom is -0.461 e. The second-order valence-corrected chi connectivity index (χ2v) is 19.4. The van der Waals surface area contributed by atoms with E-state index in [1.165, 1.54) is 7.11 Å². The molecule has 3 aliphatic heterocycles. The molecular formula is C50H72N6O11. The monoisotopic (exact) mass is 933 g/mol. The SMILES string of the molecule is C=CCN(C)[C@@H]1C[C@H](C)O[C@H](O[C@@H]2[C@@H](C)[C@H](OC(=O)Cc3cccnc3)[C@@H](C)C(=O)O[C@H](CC)[C@@]3(C)OC(=O)N(CCCCn4cnc5cccnc54)[C@@H]3[C@@H](C)C(=O)[C@H](C)C[C@@]2(C)OC)[C@H]1O. The lowest BCUT2D eigenvalue weighted by atomic mass is 9.73. The van der Waals surface area contributed by atoms with Crippen molar-refractivity contribution in [3.05, 3.63) is 67.4 Å². The number of rotatable bonds is 15. The van der Waals surface area contributed by atoms with Crippen molar-refractivity contribution >= 4 is 35.0 Å². The minimum atomic E-state index is -1.45. The molecule has 17 heteroatoms. The summed E-state index contributed by atoms with van der Waals surface area (Å²) in [5, 5.41) is 11.9. The van der Waals surface area contributed by atoms with Gasteiger partial charge in [0.1, 0.15) is 29.6 Å². The van der Waals surface area contributed by atoms with E-state index in [1.54, 1.807) is 75.7 Å². The molecule has 0 unspecified atom stereocenters. The van der Waals surface area contributed by atoms with Crippen LogP contribution >= 0.6 is 0 Å². The number of imidazole rings is 1. The zero-order chi connectivity index (χ0) is 48.8. The molecule has 3 aliphatic rings. The number of hydrogen-bond acceptors (Lipinski definition) is 15. The number of aromatic nitrogens is 4. The second kappa shape index (κ2) is 22.1. The van der Waals surface area contributed by atoms with Crippen LogP contribution in [0.4, 0.5) is 4.79 Å². The quantitative estimate of drug-likeness (QED) is 0.0813. The summed E-state index contributed by atoms with van der Waals surface area (Å²) in [5.74, 6) is -4.88. The number of carbonyl (C=O) groups is 4. The van der Waals surface area contributed by atoms with Crippen LogP contribution in [0.2, 0.25) is 0 Å². The van der Waals surface area contributed by atoms with Gasteiger partial charge in [0.05, 0.1) is 42.5 Å². The van der Waals surface area contributed by atoms with Crippen molar-refractivity contribution in [1.82, 2.24) is 29.3 Å². The van der Waals surface area contributed by atoms with Crippen molar-refractivity contribution in [1.29, 1.82) is 0 Å². The van der Waals surface area contributed by atoms with Crippen LogP contribution in [0.3, 0.4) is 0 Å². The number of carbonyl (C=O) groups excluding carboxylic acids is 4. The standard InChI is InChI=1S/C50H72N6O11/c1-12-22-54(10)37-25-31(4)63-47(41(37)59)66-44-33(6)42(65-39(57)26-35-18-16-20-51-28-35)34(7)46(60)64-38(13-2)50(9)43(32(5)40(58)30(3)27-49(44,8)62-11)56(48(61)67-50)24-15-14-23-55-29-53-36-19-17-21-52-45(36)55/h12,16-21,28-34,37-38,41-44,47,59H,1,13-15,22-27H2,2-11H3/t30-,31+,32+,33+,34-,37-,38-,41+,42+,43-,44-,47-,49-,50-/m1/s1. The van der Waals surface area contributed by atoms with E-state index in [1.807, 2.05) is 56.3 Å². The molecule has 6 heterocycles. The molecule has 0 saturated carbocycles. The van der Waals surface area contributed by atoms with E-state index >= 15 is 4.79 Å². The number of pyridine rings is 2. The molecule has 67 heavy (non-hydrogen) atoms. The topological polar surface area (TPSA) is 194 Å². The number of esters is 2. The maximum atomic E-state index is 15.0. The van der Waals surface area contributed by atoms with Gasteiger partial charge in [0.15, 0.2) is 17.5 Å². The molecule has 14 atom stereocenters. The van der Waals surface area contributed by atoms with Gasteiger partial charge in [-0.05, 0) is 90.6 Å². The van der Waals surface area contributed by atoms with Gasteiger partial charge in [-0.1, -0.05) is 39.8 Å². The fraction of sp³-hybridized carbons (Fsp3) is 0.660. The third-order valence-electron chi connectivity index (χ3n) is 14.4. The predicted octanol–water partition coefficient (Wildman–Crippen LogP) is 5.95. The highest BCUT2D eigenvalue weighted by molar-refractivity contribution is 5.85. The van der Waals surface area contributed by atoms with Crippen LogP contribution in [0.15, 0.2) is 61.8 Å². The van der Waals surface area contributed by atoms with Gasteiger partial charge in [0.25, 0.3) is 0 Å². The second-order valence-electron chi connectivity index (χ2n) is 19.4. The number of methoxy groups -OCH3 is 1. The van der Waals surface area contributed by atoms with Gasteiger partial charge in [-0.3, -0.25) is 24.3 Å². The van der Waals surface area contributed by atoms with E-state index in [0.717, 1.165) is 11.2 Å². The highest BCUT2D eigenvalue weighted by Crippen LogP contribution is 2.44. The van der Waals surface area contributed by atoms with Crippen molar-refractivity contribution in [3.8, 4) is 0 Å². The third kappa shape index (κ3) is 11.2. The minimum absolute atomic E-state index is 0.108. The Kier molecular flexibility index (Phi) is 17.0. The van der Waals surface area contributed by atoms with Crippen LogP contribution in [0.25, 0.3) is 11.2 Å². The third-order valence-corrected chi connectivity index (χ3v) is 14.4. The summed E-state index contributed by atoms with van der Waals surface area (Å²) in [6, 6.07) is 6.03. The smallest absolute Gasteiger partial charge is 0.410 e. The Balaban J connectivity index is 1.37. The molecule has 0 radical (unpaired) electrons. The summed E-state index contributed by atoms with van der Waals surface area (Å²) in [5.41, 5.74) is -0.590. The molecule has 1 N–H and O–H groups in total. The van der Waals surface area contributed by atoms with E-state index in [0.29, 0.717) is 37.9 Å². The average Bonchev–Trinajstić information content (AvgIpc) is 3.84. The number of amides is 1. The number of likely N-dealkylation sites (N-methyl/N-ethyl adjacent to an activating group) is 1. The van der Waals surface area contributed by atoms with Gasteiger partial charge in [-0.25, -0.2) is 14.8 Å². The number of fused-ring (bicyclic) bond motifs is 2. The lowest BCUT2D eigenvalue weighted by Gasteiger charge is -2.48. The highest BCUT2D eigenvalue weighted by Gasteiger charge is 2.60. The first-order valence-electron chi connectivity index (χ1n) is 23.8. The Labute approximate surface area is 394 Å². The molecule has 0 aliphatic carbocycles. The van der Waals surface area contributed by atoms with Crippen molar-refractivity contribution in [2.75, 3.05) is 27.2 Å². The predicted molar refractivity (Wildman–Crippen MR) is 248 cm³/mol. The summed E-state index contributed by atoms with van der Waals surface area (Å²) in [6.07, 6.45) is 3.95. The zero-order valence-electron chi connectivity index (χ0n) is 40.9. The highest BCUT2D eigenvalue weighted by atomic mass is 16.7. The number of ether oxygens (including phenoxy) is 6. The van der Waals surface area contributed by atoms with Gasteiger partial charge in [0.2, 0.25) is 0 Å². The fourth-order valence-electron chi connectivity index (χ4n) is 10.8. The molecule has 368 valence electrons. The number of aliphatic hydroxyl groups excluding tert-OH is 1. The number of ketones is 1. The Hall–Kier alpha value is -4.81. The zero-order valence-corrected chi connectivity index (χ0v) is 40.9. The van der Waals surface area contributed by atoms with Crippen molar-refractivity contribution < 1.29 is 52.7 Å². The van der Waals surface area contributed by atoms with Crippen LogP contribution in [0, 0.1) is 23.7 Å². The van der Waals surface area contributed by atoms with E-state index in [9.17, 15) is 19.5 Å². The molecule has 6 rings (SSSR count). The first kappa shape index (κ1) is 51.6. The van der Waals surface area contributed by atoms with Gasteiger partial charge < -0.3 is 43.0 Å². The molecule has 0 spiro atoms. The Morgan fingerprint density at radius 1 is 1.04 bits per heavy atom. The lowest BCUT2D eigenvalue weighted by molar-refractivity contribution is -0.302. The lowest BCUT2D eigenvalue weighted by Crippen LogP contribution is -2.61. The summed E-state index contributed by atoms with van der Waals surface area (Å²) >= 11 is 0. The van der Waals surface area contributed by atoms with Crippen molar-refractivity contribution in [2.45, 2.75) is 161 Å². The summed E-state index contributed by atoms with van der Waals surface area (Å²) in [6.45, 7) is 19.6. The number of cyclic esters (lactones) is 1. The molecular weight excluding hydrogens is 861 g/mol. The summed E-state index contributed by atoms with van der Waals surface area (Å²) in [7, 11) is 3.42. The maximum absolute atomic E-state index is 15.0. The van der Waals surface area contributed by atoms with Crippen LogP contribution < -0.4 is 0 Å². The van der Waals surface area contributed by atoms with Crippen LogP contribution in [0.1, 0.15) is 93.1 Å². The van der Waals surface area contributed by atoms with E-state index in [-0.39, 0.29) is 43.7 Å². The Bertz CT molecular complexity index is 2180. The number of aryl methyl sites for hydroxylation is 1. The van der Waals surface area contributed by atoms with Crippen molar-refractivity contribution in [3.63, 3.8) is 0 Å². The van der Waals surface area contributed by atoms with Gasteiger partial charge in [-0.15, -0.1) is 6.58 Å². The first-order chi connectivity index (χ1) is 31.9. The van der Waals surface area contributed by atoms with Crippen LogP contribution in [-0.2, 0) is 55.8 Å². The van der Waals surface area contributed by atoms with Crippen LogP contribution in [0.5, 0.6) is 0 Å². The molecule has 0 bridgehead atoms. The molecule has 3 saturated heterocycles. The van der Waals surface area contributed by atoms with Gasteiger partial charge in [0, 0.05) is 69.1 Å². The number of unbranched alkanes of at least 4 members (excludes halogenated alkanes) is 1. The molecule has 3 aromatic heterocycles. The van der Waals surface area contributed by atoms with Crippen LogP contribution in [-0.4, -0.2) is 146 Å². The number of Topliss-reactive ketones (excluding diaryl/α,β-unsaturated/α-hetero) is 1. The summed E-state index contributed by atoms with van der Waals surface area (Å²) in [4.78, 5) is 74.5. The van der Waals surface area contributed by atoms with E-state index in [2.05, 4.69) is 21.5 Å². The molecule has 3 aromatic rings. The molecule has 0 aromatic carbocycles. The molecule has 1 amide bonds. The largest absolute Gasteiger partial charge is 0.461 e. The first-order valence-corrected chi connectivity index (χ1v) is 23.8. The normalized spacial score (nSPS) is 34.3. The molecule has 3 fully saturated rings. The average molecular weight is 933 g/mol. The number of nitrogens with zero attached hydrogens (tertiary/aromatic N) is 6. The Morgan fingerprint density at radius 3 is 2.46 bits per heavy atom. The maximum Gasteiger partial charge on any atom is 0.410 e. The van der Waals surface area contributed by atoms with E-state index in [4.69, 9.17) is 28.4 Å². The Morgan fingerprint density at radius 2 is 1.78 bits per heavy atom.